The van der Waals surface area contributed by atoms with Crippen molar-refractivity contribution in [2.24, 2.45) is 0 Å². The van der Waals surface area contributed by atoms with E-state index < -0.39 is 39.6 Å². The summed E-state index contributed by atoms with van der Waals surface area (Å²) >= 11 is 1.78. The molecule has 5 atom stereocenters. The monoisotopic (exact) mass is 1260 g/mol. The van der Waals surface area contributed by atoms with Gasteiger partial charge in [0.1, 0.15) is 16.8 Å². The van der Waals surface area contributed by atoms with Gasteiger partial charge in [-0.1, -0.05) is 76.9 Å². The zero-order valence-electron chi connectivity index (χ0n) is 54.8. The molecule has 6 fully saturated rings. The molecular formula is C70H100O18S. The van der Waals surface area contributed by atoms with Gasteiger partial charge < -0.3 is 52.1 Å². The molecule has 0 amide bonds. The SMILES string of the molecule is C=C(C)C(=O)OC1(/C=C/C)CCOC1.C=C(C)C(=O)OC1(C(=C)C)CCOCC1.C=C(C)C(=O)OC1(C2=CCCCC2)CCOC1.C=C(C)C(=O)OC1(C=C(C)C)CCOC1.C=CC1(OC(=O)C(=C)C)CCOC(=O)C1.C=CC1(OC(=O)C(=C)C)CCSC1. The van der Waals surface area contributed by atoms with E-state index in [1.807, 2.05) is 45.9 Å². The van der Waals surface area contributed by atoms with Gasteiger partial charge in [0.2, 0.25) is 0 Å². The Morgan fingerprint density at radius 3 is 1.34 bits per heavy atom. The zero-order valence-corrected chi connectivity index (χ0v) is 55.7. The van der Waals surface area contributed by atoms with Gasteiger partial charge in [0.25, 0.3) is 0 Å². The van der Waals surface area contributed by atoms with Gasteiger partial charge in [0, 0.05) is 84.1 Å². The molecule has 89 heavy (non-hydrogen) atoms. The Kier molecular flexibility index (Phi) is 33.1. The van der Waals surface area contributed by atoms with E-state index in [1.165, 1.54) is 24.5 Å². The van der Waals surface area contributed by atoms with E-state index in [4.69, 9.17) is 52.1 Å². The average molecular weight is 1260 g/mol. The Balaban J connectivity index is 0.000000365. The second-order valence-electron chi connectivity index (χ2n) is 23.6. The van der Waals surface area contributed by atoms with E-state index in [9.17, 15) is 33.6 Å². The zero-order chi connectivity index (χ0) is 67.2. The van der Waals surface area contributed by atoms with Crippen molar-refractivity contribution >= 4 is 53.5 Å². The van der Waals surface area contributed by atoms with Gasteiger partial charge in [-0.2, -0.15) is 11.8 Å². The molecule has 0 spiro atoms. The van der Waals surface area contributed by atoms with Crippen molar-refractivity contribution in [2.45, 2.75) is 180 Å². The number of allylic oxidation sites excluding steroid dienone is 3. The fraction of sp³-hybridized carbons (Fsp3) is 0.557. The molecule has 0 aromatic carbocycles. The van der Waals surface area contributed by atoms with Crippen molar-refractivity contribution in [3.63, 3.8) is 0 Å². The minimum absolute atomic E-state index is 0.0233. The summed E-state index contributed by atoms with van der Waals surface area (Å²) in [6, 6.07) is 0. The van der Waals surface area contributed by atoms with Gasteiger partial charge in [-0.25, -0.2) is 28.8 Å². The van der Waals surface area contributed by atoms with E-state index in [0.29, 0.717) is 106 Å². The average Bonchev–Trinajstić information content (AvgIpc) is 3.23. The first-order chi connectivity index (χ1) is 41.7. The summed E-state index contributed by atoms with van der Waals surface area (Å²) in [6.07, 6.45) is 20.6. The first-order valence-electron chi connectivity index (χ1n) is 30.1. The molecule has 0 radical (unpaired) electrons. The molecule has 6 aliphatic heterocycles. The normalized spacial score (nSPS) is 25.3. The van der Waals surface area contributed by atoms with Gasteiger partial charge in [-0.15, -0.1) is 0 Å². The Labute approximate surface area is 533 Å². The lowest BCUT2D eigenvalue weighted by molar-refractivity contribution is -0.168. The highest BCUT2D eigenvalue weighted by Gasteiger charge is 2.44. The highest BCUT2D eigenvalue weighted by atomic mass is 32.2. The Bertz CT molecular complexity index is 2690. The summed E-state index contributed by atoms with van der Waals surface area (Å²) in [6.45, 7) is 54.9. The first-order valence-corrected chi connectivity index (χ1v) is 31.2. The van der Waals surface area contributed by atoms with Crippen LogP contribution in [0.5, 0.6) is 0 Å². The summed E-state index contributed by atoms with van der Waals surface area (Å²) < 4.78 is 58.5. The maximum Gasteiger partial charge on any atom is 0.334 e. The first kappa shape index (κ1) is 78.5. The molecule has 7 rings (SSSR count). The molecule has 0 N–H and O–H groups in total. The van der Waals surface area contributed by atoms with Crippen LogP contribution in [-0.4, -0.2) is 146 Å². The fourth-order valence-electron chi connectivity index (χ4n) is 9.42. The largest absolute Gasteiger partial charge is 0.465 e. The summed E-state index contributed by atoms with van der Waals surface area (Å²) in [5.41, 5.74) is 2.13. The lowest BCUT2D eigenvalue weighted by Crippen LogP contribution is -2.41. The quantitative estimate of drug-likeness (QED) is 0.0539. The molecule has 0 saturated carbocycles. The van der Waals surface area contributed by atoms with Gasteiger partial charge in [-0.05, 0) is 136 Å². The highest BCUT2D eigenvalue weighted by molar-refractivity contribution is 7.99. The lowest BCUT2D eigenvalue weighted by Gasteiger charge is -2.37. The number of rotatable bonds is 18. The second-order valence-corrected chi connectivity index (χ2v) is 24.7. The number of hydrogen-bond acceptors (Lipinski definition) is 19. The fourth-order valence-corrected chi connectivity index (χ4v) is 10.7. The maximum atomic E-state index is 11.7. The molecule has 5 unspecified atom stereocenters. The number of hydrogen-bond donors (Lipinski definition) is 0. The van der Waals surface area contributed by atoms with Crippen molar-refractivity contribution in [3.05, 3.63) is 146 Å². The van der Waals surface area contributed by atoms with Crippen LogP contribution in [0.1, 0.15) is 146 Å². The van der Waals surface area contributed by atoms with Crippen LogP contribution in [0.4, 0.5) is 0 Å². The van der Waals surface area contributed by atoms with Crippen LogP contribution in [0, 0.1) is 0 Å². The van der Waals surface area contributed by atoms with E-state index in [1.54, 1.807) is 59.4 Å². The molecule has 6 heterocycles. The molecule has 6 saturated heterocycles. The summed E-state index contributed by atoms with van der Waals surface area (Å²) in [7, 11) is 0. The molecule has 0 bridgehead atoms. The third-order valence-electron chi connectivity index (χ3n) is 14.8. The molecule has 0 aromatic heterocycles. The van der Waals surface area contributed by atoms with Crippen LogP contribution in [0.25, 0.3) is 0 Å². The predicted octanol–water partition coefficient (Wildman–Crippen LogP) is 12.6. The molecule has 19 heteroatoms. The lowest BCUT2D eigenvalue weighted by atomic mass is 9.84. The van der Waals surface area contributed by atoms with Crippen LogP contribution in [0.3, 0.4) is 0 Å². The summed E-state index contributed by atoms with van der Waals surface area (Å²) in [5.74, 6) is -0.721. The highest BCUT2D eigenvalue weighted by Crippen LogP contribution is 2.38. The second kappa shape index (κ2) is 37.5. The smallest absolute Gasteiger partial charge is 0.334 e. The maximum absolute atomic E-state index is 11.7. The summed E-state index contributed by atoms with van der Waals surface area (Å²) in [5, 5.41) is 0. The van der Waals surface area contributed by atoms with E-state index >= 15 is 0 Å². The topological polar surface area (TPSA) is 221 Å². The van der Waals surface area contributed by atoms with Crippen molar-refractivity contribution in [1.82, 2.24) is 0 Å². The van der Waals surface area contributed by atoms with Crippen LogP contribution >= 0.6 is 11.8 Å². The molecule has 494 valence electrons. The van der Waals surface area contributed by atoms with E-state index in [2.05, 4.69) is 65.3 Å². The molecule has 18 nitrogen and oxygen atoms in total. The minimum Gasteiger partial charge on any atom is -0.465 e. The van der Waals surface area contributed by atoms with Gasteiger partial charge in [0.15, 0.2) is 16.8 Å². The van der Waals surface area contributed by atoms with Crippen molar-refractivity contribution in [1.29, 1.82) is 0 Å². The van der Waals surface area contributed by atoms with Crippen molar-refractivity contribution < 1.29 is 85.7 Å². The Morgan fingerprint density at radius 2 is 0.944 bits per heavy atom. The van der Waals surface area contributed by atoms with Gasteiger partial charge >= 0.3 is 41.8 Å². The van der Waals surface area contributed by atoms with Crippen molar-refractivity contribution in [2.75, 3.05) is 71.0 Å². The molecule has 0 aromatic rings. The minimum atomic E-state index is -0.925. The van der Waals surface area contributed by atoms with E-state index in [0.717, 1.165) is 61.2 Å². The van der Waals surface area contributed by atoms with Crippen molar-refractivity contribution in [3.8, 4) is 0 Å². The van der Waals surface area contributed by atoms with Crippen LogP contribution in [0.15, 0.2) is 146 Å². The number of carbonyl (C=O) groups is 7. The Morgan fingerprint density at radius 1 is 0.506 bits per heavy atom. The number of carbonyl (C=O) groups excluding carboxylic acids is 7. The number of thioether (sulfide) groups is 1. The molecule has 1 aliphatic carbocycles. The summed E-state index contributed by atoms with van der Waals surface area (Å²) in [4.78, 5) is 79.9. The van der Waals surface area contributed by atoms with Gasteiger partial charge in [0.05, 0.1) is 65.9 Å². The number of esters is 7. The third-order valence-corrected chi connectivity index (χ3v) is 16.0. The Hall–Kier alpha value is -6.64. The van der Waals surface area contributed by atoms with Gasteiger partial charge in [-0.3, -0.25) is 4.79 Å². The number of cyclic esters (lactones) is 1. The van der Waals surface area contributed by atoms with Crippen LogP contribution in [0.2, 0.25) is 0 Å². The molecule has 7 aliphatic rings. The predicted molar refractivity (Wildman–Crippen MR) is 346 cm³/mol. The van der Waals surface area contributed by atoms with Crippen LogP contribution in [-0.2, 0) is 85.7 Å². The standard InChI is InChI=1S/C14H20O3.2C12H18O3.C11H14O4.C11H16O3.C10H14O2S/c1-11(2)13(15)17-14(8-9-16-10-14)12-6-4-3-5-7-12;1-9(2)11(13)15-12(10(3)4)5-7-14-8-6-12;1-9(2)7-12(5-6-14-8-12)15-11(13)10(3)4;1-4-11(15-10(13)8(2)3)5-6-14-9(12)7-11;1-4-5-11(6-7-13-8-11)14-10(12)9(2)3;1-4-10(5-6-13-7-10)12-9(11)8(2)3/h6H,1,3-5,7-10H2,2H3;1,3,5-8H2,2,4H3;7H,3,5-6,8H2,1-2,4H3;4H,1-2,5-7H2,3H3;4-5H,2,6-8H2,1,3H3;4H,1-2,5-7H2,3H3/b;;;;5-4+;. The third kappa shape index (κ3) is 26.0. The van der Waals surface area contributed by atoms with E-state index in [-0.39, 0.29) is 48.8 Å². The molecular weight excluding hydrogens is 1160 g/mol. The number of ether oxygens (including phenoxy) is 11. The van der Waals surface area contributed by atoms with Crippen LogP contribution < -0.4 is 0 Å².